The van der Waals surface area contributed by atoms with Crippen molar-refractivity contribution >= 4 is 46.3 Å². The van der Waals surface area contributed by atoms with E-state index in [1.54, 1.807) is 28.9 Å². The number of nitrogens with zero attached hydrogens (tertiary/aromatic N) is 6. The Kier molecular flexibility index (Phi) is 8.23. The first-order valence-corrected chi connectivity index (χ1v) is 14.0. The number of benzene rings is 1. The maximum atomic E-state index is 13.4. The molecular weight excluding hydrogens is 542 g/mol. The van der Waals surface area contributed by atoms with Crippen LogP contribution in [-0.4, -0.2) is 75.1 Å². The minimum Gasteiger partial charge on any atom is -0.480 e. The zero-order valence-electron chi connectivity index (χ0n) is 23.7. The topological polar surface area (TPSA) is 116 Å². The molecule has 10 nitrogen and oxygen atoms in total. The van der Waals surface area contributed by atoms with Gasteiger partial charge in [0.25, 0.3) is 5.91 Å². The number of carboxylic acid groups (broad SMARTS) is 1. The van der Waals surface area contributed by atoms with Crippen molar-refractivity contribution in [2.45, 2.75) is 39.3 Å². The molecular formula is C30H34ClN7O3. The summed E-state index contributed by atoms with van der Waals surface area (Å²) in [4.78, 5) is 38.2. The van der Waals surface area contributed by atoms with Gasteiger partial charge in [-0.2, -0.15) is 5.10 Å². The van der Waals surface area contributed by atoms with Gasteiger partial charge in [-0.15, -0.1) is 0 Å². The van der Waals surface area contributed by atoms with Gasteiger partial charge < -0.3 is 15.3 Å². The molecule has 2 aliphatic rings. The highest BCUT2D eigenvalue weighted by Gasteiger charge is 2.34. The van der Waals surface area contributed by atoms with Crippen molar-refractivity contribution in [3.05, 3.63) is 75.7 Å². The fourth-order valence-electron chi connectivity index (χ4n) is 5.66. The number of halogens is 1. The second kappa shape index (κ2) is 11.8. The zero-order valence-corrected chi connectivity index (χ0v) is 24.4. The third kappa shape index (κ3) is 6.03. The Bertz CT molecular complexity index is 1560. The van der Waals surface area contributed by atoms with Crippen LogP contribution in [0, 0.1) is 0 Å². The van der Waals surface area contributed by atoms with Crippen molar-refractivity contribution < 1.29 is 14.7 Å². The lowest BCUT2D eigenvalue weighted by Crippen LogP contribution is -2.56. The summed E-state index contributed by atoms with van der Waals surface area (Å²) in [7, 11) is 3.65. The van der Waals surface area contributed by atoms with E-state index in [0.29, 0.717) is 37.7 Å². The van der Waals surface area contributed by atoms with Crippen molar-refractivity contribution in [2.24, 2.45) is 12.0 Å². The number of amides is 1. The van der Waals surface area contributed by atoms with Crippen LogP contribution in [0.3, 0.4) is 0 Å². The van der Waals surface area contributed by atoms with Gasteiger partial charge in [0, 0.05) is 69.6 Å². The lowest BCUT2D eigenvalue weighted by atomic mass is 9.84. The molecule has 214 valence electrons. The van der Waals surface area contributed by atoms with E-state index in [-0.39, 0.29) is 16.5 Å². The number of rotatable bonds is 7. The maximum absolute atomic E-state index is 13.4. The average molecular weight is 576 g/mol. The molecule has 41 heavy (non-hydrogen) atoms. The van der Waals surface area contributed by atoms with Crippen LogP contribution >= 0.6 is 11.6 Å². The van der Waals surface area contributed by atoms with Crippen molar-refractivity contribution in [3.8, 4) is 0 Å². The minimum absolute atomic E-state index is 0.194. The summed E-state index contributed by atoms with van der Waals surface area (Å²) in [5.74, 6) is -0.940. The van der Waals surface area contributed by atoms with Gasteiger partial charge in [0.1, 0.15) is 11.9 Å². The first-order valence-electron chi connectivity index (χ1n) is 13.6. The number of piperazine rings is 1. The number of pyridine rings is 1. The first kappa shape index (κ1) is 28.5. The molecule has 1 unspecified atom stereocenters. The standard InChI is InChI=1S/C30H34ClN7O3/c1-18-23(19(2)32-3)8-6-21-5-7-22(11-24(18)21)35-29(39)25-12-28(33-14-26(25)31)38-10-9-37(17-27(38)30(40)41)16-20-13-34-36(4)15-20/h5,7,11-15,27H,6,8-10,16-17H2,1-4H3,(H,35,39)(H,40,41). The smallest absolute Gasteiger partial charge is 0.327 e. The number of hydrogen-bond donors (Lipinski definition) is 2. The quantitative estimate of drug-likeness (QED) is 0.403. The highest BCUT2D eigenvalue weighted by Crippen LogP contribution is 2.34. The highest BCUT2D eigenvalue weighted by molar-refractivity contribution is 6.34. The third-order valence-electron chi connectivity index (χ3n) is 7.93. The van der Waals surface area contributed by atoms with E-state index in [2.05, 4.69) is 32.2 Å². The fourth-order valence-corrected chi connectivity index (χ4v) is 5.84. The van der Waals surface area contributed by atoms with Crippen LogP contribution in [0.2, 0.25) is 5.02 Å². The molecule has 2 N–H and O–H groups in total. The maximum Gasteiger partial charge on any atom is 0.327 e. The molecule has 1 aromatic carbocycles. The SMILES string of the molecule is CN=C(C)C1=C(C)c2cc(NC(=O)c3cc(N4CCN(Cc5cnn(C)c5)CC4C(=O)O)ncc3Cl)ccc2CC1. The van der Waals surface area contributed by atoms with Crippen molar-refractivity contribution in [1.29, 1.82) is 0 Å². The lowest BCUT2D eigenvalue weighted by Gasteiger charge is -2.40. The van der Waals surface area contributed by atoms with E-state index in [0.717, 1.165) is 35.3 Å². The normalized spacial score (nSPS) is 17.9. The van der Waals surface area contributed by atoms with Gasteiger partial charge in [-0.3, -0.25) is 19.4 Å². The largest absolute Gasteiger partial charge is 0.480 e. The molecule has 0 saturated carbocycles. The zero-order chi connectivity index (χ0) is 29.3. The highest BCUT2D eigenvalue weighted by atomic mass is 35.5. The number of anilines is 2. The van der Waals surface area contributed by atoms with Crippen LogP contribution < -0.4 is 10.2 Å². The Hall–Kier alpha value is -4.02. The monoisotopic (exact) mass is 575 g/mol. The van der Waals surface area contributed by atoms with Crippen molar-refractivity contribution in [2.75, 3.05) is 36.9 Å². The van der Waals surface area contributed by atoms with E-state index < -0.39 is 12.0 Å². The summed E-state index contributed by atoms with van der Waals surface area (Å²) in [6, 6.07) is 6.68. The Morgan fingerprint density at radius 3 is 2.71 bits per heavy atom. The molecule has 3 aromatic rings. The van der Waals surface area contributed by atoms with E-state index >= 15 is 0 Å². The Labute approximate surface area is 244 Å². The second-order valence-electron chi connectivity index (χ2n) is 10.6. The van der Waals surface area contributed by atoms with E-state index in [1.165, 1.54) is 17.3 Å². The molecule has 0 bridgehead atoms. The number of hydrogen-bond acceptors (Lipinski definition) is 7. The number of nitrogens with one attached hydrogen (secondary N) is 1. The van der Waals surface area contributed by atoms with Crippen LogP contribution in [0.5, 0.6) is 0 Å². The second-order valence-corrected chi connectivity index (χ2v) is 11.0. The van der Waals surface area contributed by atoms with Gasteiger partial charge in [0.05, 0.1) is 16.8 Å². The predicted octanol–water partition coefficient (Wildman–Crippen LogP) is 4.31. The molecule has 1 aliphatic carbocycles. The molecule has 1 atom stereocenters. The summed E-state index contributed by atoms with van der Waals surface area (Å²) in [5.41, 5.74) is 7.67. The molecule has 11 heteroatoms. The summed E-state index contributed by atoms with van der Waals surface area (Å²) in [5, 5.41) is 17.4. The van der Waals surface area contributed by atoms with E-state index in [9.17, 15) is 14.7 Å². The average Bonchev–Trinajstić information content (AvgIpc) is 3.37. The van der Waals surface area contributed by atoms with Gasteiger partial charge in [-0.1, -0.05) is 17.7 Å². The lowest BCUT2D eigenvalue weighted by molar-refractivity contribution is -0.139. The number of fused-ring (bicyclic) bond motifs is 1. The van der Waals surface area contributed by atoms with Crippen LogP contribution in [-0.2, 0) is 24.8 Å². The Morgan fingerprint density at radius 1 is 1.20 bits per heavy atom. The van der Waals surface area contributed by atoms with Crippen LogP contribution in [0.4, 0.5) is 11.5 Å². The predicted molar refractivity (Wildman–Crippen MR) is 161 cm³/mol. The number of allylic oxidation sites excluding steroid dienone is 2. The molecule has 1 amide bonds. The number of aliphatic imine (C=N–C) groups is 1. The molecule has 1 aliphatic heterocycles. The number of carbonyl (C=O) groups excluding carboxylic acids is 1. The molecule has 1 fully saturated rings. The number of aliphatic carboxylic acids is 1. The van der Waals surface area contributed by atoms with Crippen LogP contribution in [0.1, 0.15) is 47.3 Å². The molecule has 5 rings (SSSR count). The molecule has 0 spiro atoms. The van der Waals surface area contributed by atoms with Gasteiger partial charge in [-0.05, 0) is 67.2 Å². The Balaban J connectivity index is 1.35. The third-order valence-corrected chi connectivity index (χ3v) is 8.24. The van der Waals surface area contributed by atoms with Crippen molar-refractivity contribution in [3.63, 3.8) is 0 Å². The summed E-state index contributed by atoms with van der Waals surface area (Å²) < 4.78 is 1.73. The van der Waals surface area contributed by atoms with Gasteiger partial charge in [0.15, 0.2) is 0 Å². The fraction of sp³-hybridized carbons (Fsp3) is 0.367. The number of aromatic nitrogens is 3. The number of carbonyl (C=O) groups is 2. The summed E-state index contributed by atoms with van der Waals surface area (Å²) in [6.45, 7) is 6.10. The van der Waals surface area contributed by atoms with Gasteiger partial charge >= 0.3 is 5.97 Å². The van der Waals surface area contributed by atoms with Gasteiger partial charge in [0.2, 0.25) is 0 Å². The molecule has 0 radical (unpaired) electrons. The molecule has 3 heterocycles. The molecule has 1 saturated heterocycles. The molecule has 2 aromatic heterocycles. The van der Waals surface area contributed by atoms with Crippen LogP contribution in [0.15, 0.2) is 53.4 Å². The number of carboxylic acids is 1. The van der Waals surface area contributed by atoms with Gasteiger partial charge in [-0.25, -0.2) is 9.78 Å². The first-order chi connectivity index (χ1) is 19.6. The van der Waals surface area contributed by atoms with E-state index in [1.807, 2.05) is 38.4 Å². The van der Waals surface area contributed by atoms with Crippen molar-refractivity contribution in [1.82, 2.24) is 19.7 Å². The van der Waals surface area contributed by atoms with Crippen LogP contribution in [0.25, 0.3) is 5.57 Å². The van der Waals surface area contributed by atoms with E-state index in [4.69, 9.17) is 11.6 Å². The Morgan fingerprint density at radius 2 is 2.00 bits per heavy atom. The summed E-state index contributed by atoms with van der Waals surface area (Å²) >= 11 is 6.42. The number of aryl methyl sites for hydroxylation is 2. The summed E-state index contributed by atoms with van der Waals surface area (Å²) in [6.07, 6.45) is 6.98. The minimum atomic E-state index is -0.955.